The molecule has 0 saturated carbocycles. The molecule has 8 nitrogen and oxygen atoms in total. The van der Waals surface area contributed by atoms with E-state index in [9.17, 15) is 18.0 Å². The Kier molecular flexibility index (Phi) is 6.13. The molecule has 1 fully saturated rings. The first-order chi connectivity index (χ1) is 15.2. The Morgan fingerprint density at radius 2 is 2.00 bits per heavy atom. The van der Waals surface area contributed by atoms with E-state index in [0.717, 1.165) is 18.4 Å². The van der Waals surface area contributed by atoms with Crippen LogP contribution in [0.3, 0.4) is 0 Å². The lowest BCUT2D eigenvalue weighted by Crippen LogP contribution is -2.51. The fraction of sp³-hybridized carbons (Fsp3) is 0.450. The number of amides is 1. The van der Waals surface area contributed by atoms with Crippen molar-refractivity contribution in [1.82, 2.24) is 30.1 Å². The molecule has 1 N–H and O–H groups in total. The standard InChI is InChI=1S/C20H22F3N7OS/c1-12-5-6-15(30-25-7-8-26-30)14(10-12)17(31)29-9-3-4-13(2)16(29)11-24-19-28-27-18(32-19)20(21,22)23/h5-8,10,13,16H,3-4,9,11H2,1-2H3,(H,24,28). The van der Waals surface area contributed by atoms with Gasteiger partial charge in [-0.3, -0.25) is 4.79 Å². The van der Waals surface area contributed by atoms with Crippen LogP contribution in [0.4, 0.5) is 18.3 Å². The third-order valence-electron chi connectivity index (χ3n) is 5.52. The SMILES string of the molecule is Cc1ccc(-n2nccn2)c(C(=O)N2CCCC(C)C2CNc2nnc(C(F)(F)F)s2)c1. The molecule has 1 saturated heterocycles. The Balaban J connectivity index is 1.57. The number of nitrogens with zero attached hydrogens (tertiary/aromatic N) is 6. The zero-order chi connectivity index (χ0) is 22.9. The molecule has 32 heavy (non-hydrogen) atoms. The number of piperidine rings is 1. The first-order valence-corrected chi connectivity index (χ1v) is 11.0. The summed E-state index contributed by atoms with van der Waals surface area (Å²) in [4.78, 5) is 16.8. The largest absolute Gasteiger partial charge is 0.445 e. The third-order valence-corrected chi connectivity index (χ3v) is 6.45. The van der Waals surface area contributed by atoms with Gasteiger partial charge in [0.2, 0.25) is 10.1 Å². The quantitative estimate of drug-likeness (QED) is 0.617. The van der Waals surface area contributed by atoms with E-state index in [-0.39, 0.29) is 29.5 Å². The van der Waals surface area contributed by atoms with E-state index in [1.807, 2.05) is 32.0 Å². The molecule has 1 aliphatic rings. The van der Waals surface area contributed by atoms with Crippen molar-refractivity contribution >= 4 is 22.4 Å². The zero-order valence-electron chi connectivity index (χ0n) is 17.5. The van der Waals surface area contributed by atoms with Crippen molar-refractivity contribution in [3.63, 3.8) is 0 Å². The summed E-state index contributed by atoms with van der Waals surface area (Å²) in [6.45, 7) is 4.78. The van der Waals surface area contributed by atoms with Crippen molar-refractivity contribution in [2.45, 2.75) is 38.9 Å². The highest BCUT2D eigenvalue weighted by molar-refractivity contribution is 7.15. The van der Waals surface area contributed by atoms with Gasteiger partial charge < -0.3 is 10.2 Å². The molecule has 170 valence electrons. The minimum absolute atomic E-state index is 0.0829. The van der Waals surface area contributed by atoms with Crippen LogP contribution in [0.2, 0.25) is 0 Å². The first-order valence-electron chi connectivity index (χ1n) is 10.2. The average Bonchev–Trinajstić information content (AvgIpc) is 3.44. The molecule has 1 aliphatic heterocycles. The van der Waals surface area contributed by atoms with Crippen LogP contribution in [-0.2, 0) is 6.18 Å². The van der Waals surface area contributed by atoms with E-state index < -0.39 is 11.2 Å². The molecule has 12 heteroatoms. The smallest absolute Gasteiger partial charge is 0.358 e. The van der Waals surface area contributed by atoms with Crippen molar-refractivity contribution in [2.24, 2.45) is 5.92 Å². The van der Waals surface area contributed by atoms with Crippen LogP contribution in [0.1, 0.15) is 40.7 Å². The number of nitrogens with one attached hydrogen (secondary N) is 1. The minimum Gasteiger partial charge on any atom is -0.358 e. The highest BCUT2D eigenvalue weighted by Gasteiger charge is 2.37. The molecule has 0 bridgehead atoms. The van der Waals surface area contributed by atoms with Gasteiger partial charge >= 0.3 is 6.18 Å². The fourth-order valence-corrected chi connectivity index (χ4v) is 4.52. The maximum absolute atomic E-state index is 13.6. The van der Waals surface area contributed by atoms with Crippen molar-refractivity contribution in [1.29, 1.82) is 0 Å². The van der Waals surface area contributed by atoms with Crippen LogP contribution < -0.4 is 5.32 Å². The number of aromatic nitrogens is 5. The van der Waals surface area contributed by atoms with Crippen molar-refractivity contribution in [2.75, 3.05) is 18.4 Å². The van der Waals surface area contributed by atoms with Crippen molar-refractivity contribution in [3.8, 4) is 5.69 Å². The molecule has 0 radical (unpaired) electrons. The summed E-state index contributed by atoms with van der Waals surface area (Å²) in [5.41, 5.74) is 1.99. The van der Waals surface area contributed by atoms with Gasteiger partial charge in [0.25, 0.3) is 5.91 Å². The van der Waals surface area contributed by atoms with E-state index in [1.165, 1.54) is 4.80 Å². The maximum Gasteiger partial charge on any atom is 0.445 e. The van der Waals surface area contributed by atoms with Gasteiger partial charge in [-0.1, -0.05) is 29.9 Å². The number of aryl methyl sites for hydroxylation is 1. The topological polar surface area (TPSA) is 88.8 Å². The summed E-state index contributed by atoms with van der Waals surface area (Å²) in [6, 6.07) is 5.29. The van der Waals surface area contributed by atoms with E-state index in [0.29, 0.717) is 29.1 Å². The summed E-state index contributed by atoms with van der Waals surface area (Å²) in [5, 5.41) is 17.1. The van der Waals surface area contributed by atoms with Crippen LogP contribution in [0.5, 0.6) is 0 Å². The van der Waals surface area contributed by atoms with Gasteiger partial charge in [-0.05, 0) is 37.8 Å². The van der Waals surface area contributed by atoms with Crippen LogP contribution in [0, 0.1) is 12.8 Å². The van der Waals surface area contributed by atoms with E-state index >= 15 is 0 Å². The number of alkyl halides is 3. The number of anilines is 1. The molecular formula is C20H22F3N7OS. The van der Waals surface area contributed by atoms with Gasteiger partial charge in [0.1, 0.15) is 0 Å². The van der Waals surface area contributed by atoms with Gasteiger partial charge in [0.05, 0.1) is 29.7 Å². The molecule has 3 aromatic rings. The van der Waals surface area contributed by atoms with Gasteiger partial charge in [-0.15, -0.1) is 10.2 Å². The van der Waals surface area contributed by atoms with Gasteiger partial charge in [-0.2, -0.15) is 28.2 Å². The second-order valence-corrected chi connectivity index (χ2v) is 8.79. The van der Waals surface area contributed by atoms with Crippen LogP contribution in [-0.4, -0.2) is 55.1 Å². The molecule has 3 heterocycles. The number of hydrogen-bond acceptors (Lipinski definition) is 7. The summed E-state index contributed by atoms with van der Waals surface area (Å²) in [6.07, 6.45) is 0.324. The molecule has 2 unspecified atom stereocenters. The monoisotopic (exact) mass is 465 g/mol. The lowest BCUT2D eigenvalue weighted by atomic mass is 9.90. The molecule has 2 atom stereocenters. The Morgan fingerprint density at radius 3 is 2.69 bits per heavy atom. The molecule has 4 rings (SSSR count). The number of hydrogen-bond donors (Lipinski definition) is 1. The summed E-state index contributed by atoms with van der Waals surface area (Å²) in [7, 11) is 0. The van der Waals surface area contributed by atoms with Gasteiger partial charge in [0.15, 0.2) is 0 Å². The summed E-state index contributed by atoms with van der Waals surface area (Å²) < 4.78 is 38.4. The predicted molar refractivity (Wildman–Crippen MR) is 113 cm³/mol. The number of benzene rings is 1. The highest BCUT2D eigenvalue weighted by atomic mass is 32.1. The van der Waals surface area contributed by atoms with E-state index in [4.69, 9.17) is 0 Å². The summed E-state index contributed by atoms with van der Waals surface area (Å²) >= 11 is 0.457. The number of likely N-dealkylation sites (tertiary alicyclic amines) is 1. The number of carbonyl (C=O) groups excluding carboxylic acids is 1. The highest BCUT2D eigenvalue weighted by Crippen LogP contribution is 2.33. The van der Waals surface area contributed by atoms with Crippen LogP contribution in [0.15, 0.2) is 30.6 Å². The van der Waals surface area contributed by atoms with Crippen LogP contribution >= 0.6 is 11.3 Å². The molecule has 2 aromatic heterocycles. The van der Waals surface area contributed by atoms with Gasteiger partial charge in [-0.25, -0.2) is 0 Å². The molecule has 0 spiro atoms. The lowest BCUT2D eigenvalue weighted by molar-refractivity contribution is -0.138. The number of rotatable bonds is 5. The predicted octanol–water partition coefficient (Wildman–Crippen LogP) is 3.80. The Bertz CT molecular complexity index is 1080. The maximum atomic E-state index is 13.6. The number of carbonyl (C=O) groups is 1. The van der Waals surface area contributed by atoms with E-state index in [1.54, 1.807) is 17.3 Å². The summed E-state index contributed by atoms with van der Waals surface area (Å²) in [5.74, 6) is -0.00103. The second-order valence-electron chi connectivity index (χ2n) is 7.82. The normalized spacial score (nSPS) is 19.2. The fourth-order valence-electron chi connectivity index (χ4n) is 3.90. The molecule has 1 aromatic carbocycles. The average molecular weight is 466 g/mol. The van der Waals surface area contributed by atoms with Crippen molar-refractivity contribution in [3.05, 3.63) is 46.7 Å². The Labute approximate surface area is 186 Å². The van der Waals surface area contributed by atoms with Crippen LogP contribution in [0.25, 0.3) is 5.69 Å². The molecular weight excluding hydrogens is 443 g/mol. The lowest BCUT2D eigenvalue weighted by Gasteiger charge is -2.40. The second kappa shape index (κ2) is 8.85. The Hall–Kier alpha value is -3.02. The Morgan fingerprint density at radius 1 is 1.25 bits per heavy atom. The number of halogens is 3. The zero-order valence-corrected chi connectivity index (χ0v) is 18.3. The first kappa shape index (κ1) is 22.2. The van der Waals surface area contributed by atoms with Crippen molar-refractivity contribution < 1.29 is 18.0 Å². The molecule has 1 amide bonds. The van der Waals surface area contributed by atoms with Gasteiger partial charge in [0, 0.05) is 13.1 Å². The minimum atomic E-state index is -4.53. The van der Waals surface area contributed by atoms with E-state index in [2.05, 4.69) is 25.7 Å². The third kappa shape index (κ3) is 4.59. The molecule has 0 aliphatic carbocycles.